The number of likely N-dealkylation sites (N-methyl/N-ethyl adjacent to an activating group) is 1. The highest BCUT2D eigenvalue weighted by Gasteiger charge is 2.24. The Labute approximate surface area is 139 Å². The molecule has 4 nitrogen and oxygen atoms in total. The summed E-state index contributed by atoms with van der Waals surface area (Å²) < 4.78 is 13.3. The average molecular weight is 333 g/mol. The van der Waals surface area contributed by atoms with E-state index in [1.165, 1.54) is 17.7 Å². The minimum atomic E-state index is -0.254. The van der Waals surface area contributed by atoms with Gasteiger partial charge in [0.1, 0.15) is 5.82 Å². The minimum absolute atomic E-state index is 0.108. The van der Waals surface area contributed by atoms with Gasteiger partial charge in [-0.25, -0.2) is 9.18 Å². The van der Waals surface area contributed by atoms with Crippen molar-refractivity contribution in [1.82, 2.24) is 15.1 Å². The van der Waals surface area contributed by atoms with Crippen LogP contribution in [0.4, 0.5) is 9.18 Å². The van der Waals surface area contributed by atoms with Gasteiger partial charge in [0.15, 0.2) is 0 Å². The number of hydrogen-bond acceptors (Lipinski definition) is 3. The van der Waals surface area contributed by atoms with E-state index in [9.17, 15) is 9.18 Å². The van der Waals surface area contributed by atoms with Gasteiger partial charge in [-0.3, -0.25) is 0 Å². The molecule has 122 valence electrons. The number of halogens is 1. The molecule has 0 saturated carbocycles. The van der Waals surface area contributed by atoms with Gasteiger partial charge in [-0.15, -0.1) is 0 Å². The number of benzene rings is 1. The fourth-order valence-corrected chi connectivity index (χ4v) is 3.57. The predicted molar refractivity (Wildman–Crippen MR) is 89.8 cm³/mol. The quantitative estimate of drug-likeness (QED) is 0.932. The van der Waals surface area contributed by atoms with Crippen LogP contribution in [0.15, 0.2) is 35.0 Å². The van der Waals surface area contributed by atoms with Gasteiger partial charge in [0.05, 0.1) is 6.04 Å². The summed E-state index contributed by atoms with van der Waals surface area (Å²) in [5.41, 5.74) is 3.11. The lowest BCUT2D eigenvalue weighted by molar-refractivity contribution is 0.193. The smallest absolute Gasteiger partial charge is 0.318 e. The molecule has 0 bridgehead atoms. The van der Waals surface area contributed by atoms with Gasteiger partial charge in [0.25, 0.3) is 0 Å². The van der Waals surface area contributed by atoms with Crippen LogP contribution in [0, 0.1) is 5.82 Å². The number of amides is 2. The first-order valence-electron chi connectivity index (χ1n) is 7.53. The van der Waals surface area contributed by atoms with Crippen molar-refractivity contribution in [2.75, 3.05) is 20.6 Å². The largest absolute Gasteiger partial charge is 0.336 e. The van der Waals surface area contributed by atoms with Crippen LogP contribution in [0.1, 0.15) is 22.7 Å². The number of carbonyl (C=O) groups excluding carboxylic acids is 1. The molecule has 1 unspecified atom stereocenters. The second kappa shape index (κ2) is 6.68. The molecule has 2 amide bonds. The van der Waals surface area contributed by atoms with Gasteiger partial charge in [0, 0.05) is 19.6 Å². The average Bonchev–Trinajstić information content (AvgIpc) is 3.15. The van der Waals surface area contributed by atoms with Crippen LogP contribution in [0.25, 0.3) is 0 Å². The summed E-state index contributed by atoms with van der Waals surface area (Å²) >= 11 is 1.65. The second-order valence-corrected chi connectivity index (χ2v) is 6.77. The van der Waals surface area contributed by atoms with Gasteiger partial charge < -0.3 is 15.1 Å². The molecular formula is C17H20FN3OS. The van der Waals surface area contributed by atoms with Crippen molar-refractivity contribution in [2.45, 2.75) is 19.1 Å². The number of nitrogens with zero attached hydrogens (tertiary/aromatic N) is 2. The molecule has 2 aromatic rings. The summed E-state index contributed by atoms with van der Waals surface area (Å²) in [6, 6.07) is 6.83. The second-order valence-electron chi connectivity index (χ2n) is 5.99. The van der Waals surface area contributed by atoms with E-state index in [0.717, 1.165) is 11.1 Å². The first kappa shape index (κ1) is 16.0. The maximum atomic E-state index is 13.3. The molecule has 1 atom stereocenters. The lowest BCUT2D eigenvalue weighted by Gasteiger charge is -2.25. The fourth-order valence-electron chi connectivity index (χ4n) is 2.87. The molecule has 1 aliphatic heterocycles. The molecule has 3 rings (SSSR count). The summed E-state index contributed by atoms with van der Waals surface area (Å²) in [6.45, 7) is 1.54. The van der Waals surface area contributed by atoms with E-state index in [-0.39, 0.29) is 17.9 Å². The van der Waals surface area contributed by atoms with Gasteiger partial charge in [-0.05, 0) is 59.7 Å². The minimum Gasteiger partial charge on any atom is -0.336 e. The first-order chi connectivity index (χ1) is 11.0. The van der Waals surface area contributed by atoms with Crippen LogP contribution >= 0.6 is 11.3 Å². The van der Waals surface area contributed by atoms with E-state index in [2.05, 4.69) is 21.7 Å². The summed E-state index contributed by atoms with van der Waals surface area (Å²) in [4.78, 5) is 16.2. The maximum absolute atomic E-state index is 13.3. The van der Waals surface area contributed by atoms with Crippen molar-refractivity contribution in [3.05, 3.63) is 57.5 Å². The van der Waals surface area contributed by atoms with Crippen molar-refractivity contribution in [3.63, 3.8) is 0 Å². The molecule has 1 aromatic carbocycles. The number of carbonyl (C=O) groups is 1. The van der Waals surface area contributed by atoms with Crippen molar-refractivity contribution in [1.29, 1.82) is 0 Å². The number of fused-ring (bicyclic) bond motifs is 1. The van der Waals surface area contributed by atoms with Crippen LogP contribution in [-0.2, 0) is 13.1 Å². The molecule has 6 heteroatoms. The number of hydrogen-bond donors (Lipinski definition) is 1. The molecule has 0 saturated heterocycles. The highest BCUT2D eigenvalue weighted by atomic mass is 32.1. The van der Waals surface area contributed by atoms with Crippen LogP contribution in [0.2, 0.25) is 0 Å². The number of thiophene rings is 1. The van der Waals surface area contributed by atoms with Crippen LogP contribution in [-0.4, -0.2) is 36.5 Å². The van der Waals surface area contributed by atoms with Crippen molar-refractivity contribution < 1.29 is 9.18 Å². The summed E-state index contributed by atoms with van der Waals surface area (Å²) in [5.74, 6) is -0.254. The lowest BCUT2D eigenvalue weighted by Crippen LogP contribution is -2.40. The highest BCUT2D eigenvalue weighted by molar-refractivity contribution is 7.07. The third kappa shape index (κ3) is 3.54. The zero-order valence-corrected chi connectivity index (χ0v) is 14.1. The van der Waals surface area contributed by atoms with Crippen molar-refractivity contribution in [2.24, 2.45) is 0 Å². The molecule has 0 fully saturated rings. The van der Waals surface area contributed by atoms with E-state index < -0.39 is 0 Å². The molecular weight excluding hydrogens is 313 g/mol. The van der Waals surface area contributed by atoms with Crippen LogP contribution < -0.4 is 5.32 Å². The topological polar surface area (TPSA) is 35.6 Å². The molecule has 0 spiro atoms. The number of nitrogens with one attached hydrogen (secondary N) is 1. The third-order valence-electron chi connectivity index (χ3n) is 4.18. The summed E-state index contributed by atoms with van der Waals surface area (Å²) in [6.07, 6.45) is 0. The van der Waals surface area contributed by atoms with Crippen LogP contribution in [0.5, 0.6) is 0 Å². The van der Waals surface area contributed by atoms with Gasteiger partial charge >= 0.3 is 6.03 Å². The Balaban J connectivity index is 1.60. The Bertz CT molecular complexity index is 687. The van der Waals surface area contributed by atoms with Gasteiger partial charge in [-0.1, -0.05) is 6.07 Å². The molecule has 0 radical (unpaired) electrons. The summed E-state index contributed by atoms with van der Waals surface area (Å²) in [7, 11) is 4.01. The maximum Gasteiger partial charge on any atom is 0.318 e. The van der Waals surface area contributed by atoms with Gasteiger partial charge in [0.2, 0.25) is 0 Å². The highest BCUT2D eigenvalue weighted by Crippen LogP contribution is 2.24. The normalized spacial score (nSPS) is 14.9. The number of rotatable bonds is 4. The summed E-state index contributed by atoms with van der Waals surface area (Å²) in [5, 5.41) is 7.14. The molecule has 1 aromatic heterocycles. The molecule has 1 N–H and O–H groups in total. The Hall–Kier alpha value is -1.92. The van der Waals surface area contributed by atoms with Crippen molar-refractivity contribution in [3.8, 4) is 0 Å². The van der Waals surface area contributed by atoms with E-state index in [1.54, 1.807) is 22.3 Å². The van der Waals surface area contributed by atoms with E-state index in [4.69, 9.17) is 0 Å². The SMILES string of the molecule is CN(C)C(CNC(=O)N1Cc2ccc(F)cc2C1)c1ccsc1. The van der Waals surface area contributed by atoms with Crippen LogP contribution in [0.3, 0.4) is 0 Å². The first-order valence-corrected chi connectivity index (χ1v) is 8.47. The zero-order valence-electron chi connectivity index (χ0n) is 13.3. The molecule has 2 heterocycles. The standard InChI is InChI=1S/C17H20FN3OS/c1-20(2)16(13-5-6-23-11-13)8-19-17(22)21-9-12-3-4-15(18)7-14(12)10-21/h3-7,11,16H,8-10H2,1-2H3,(H,19,22). The molecule has 23 heavy (non-hydrogen) atoms. The van der Waals surface area contributed by atoms with Crippen molar-refractivity contribution >= 4 is 17.4 Å². The Morgan fingerprint density at radius 2 is 2.13 bits per heavy atom. The molecule has 1 aliphatic rings. The van der Waals surface area contributed by atoms with E-state index in [1.807, 2.05) is 19.5 Å². The zero-order chi connectivity index (χ0) is 16.4. The lowest BCUT2D eigenvalue weighted by atomic mass is 10.1. The monoisotopic (exact) mass is 333 g/mol. The fraction of sp³-hybridized carbons (Fsp3) is 0.353. The molecule has 0 aliphatic carbocycles. The Morgan fingerprint density at radius 3 is 2.83 bits per heavy atom. The number of urea groups is 1. The Kier molecular flexibility index (Phi) is 4.63. The van der Waals surface area contributed by atoms with E-state index in [0.29, 0.717) is 19.6 Å². The third-order valence-corrected chi connectivity index (χ3v) is 4.88. The van der Waals surface area contributed by atoms with E-state index >= 15 is 0 Å². The van der Waals surface area contributed by atoms with Gasteiger partial charge in [-0.2, -0.15) is 11.3 Å². The Morgan fingerprint density at radius 1 is 1.35 bits per heavy atom. The predicted octanol–water partition coefficient (Wildman–Crippen LogP) is 3.22.